The molecule has 0 aliphatic heterocycles. The van der Waals surface area contributed by atoms with Gasteiger partial charge in [0.05, 0.1) is 5.69 Å². The summed E-state index contributed by atoms with van der Waals surface area (Å²) >= 11 is 0. The zero-order valence-corrected chi connectivity index (χ0v) is 17.7. The monoisotopic (exact) mass is 418 g/mol. The van der Waals surface area contributed by atoms with Crippen molar-refractivity contribution in [1.29, 1.82) is 0 Å². The minimum Gasteiger partial charge on any atom is -0.352 e. The summed E-state index contributed by atoms with van der Waals surface area (Å²) in [7, 11) is 0. The maximum absolute atomic E-state index is 13.2. The largest absolute Gasteiger partial charge is 0.352 e. The maximum atomic E-state index is 13.2. The van der Waals surface area contributed by atoms with Gasteiger partial charge >= 0.3 is 0 Å². The van der Waals surface area contributed by atoms with Crippen LogP contribution in [0.15, 0.2) is 71.7 Å². The lowest BCUT2D eigenvalue weighted by molar-refractivity contribution is -0.122. The zero-order valence-electron chi connectivity index (χ0n) is 17.7. The van der Waals surface area contributed by atoms with Gasteiger partial charge in [-0.2, -0.15) is 0 Å². The highest BCUT2D eigenvalue weighted by Crippen LogP contribution is 2.18. The topological polar surface area (TPSA) is 93.1 Å². The van der Waals surface area contributed by atoms with Gasteiger partial charge in [0.2, 0.25) is 5.91 Å². The Labute approximate surface area is 181 Å². The van der Waals surface area contributed by atoms with Crippen molar-refractivity contribution in [3.63, 3.8) is 0 Å². The Morgan fingerprint density at radius 2 is 1.74 bits per heavy atom. The molecule has 0 fully saturated rings. The smallest absolute Gasteiger partial charge is 0.264 e. The molecule has 3 aromatic rings. The van der Waals surface area contributed by atoms with Crippen molar-refractivity contribution in [3.8, 4) is 11.3 Å². The number of rotatable bonds is 8. The van der Waals surface area contributed by atoms with Gasteiger partial charge in [-0.1, -0.05) is 36.4 Å². The summed E-state index contributed by atoms with van der Waals surface area (Å²) < 4.78 is 1.35. The molecule has 0 saturated carbocycles. The van der Waals surface area contributed by atoms with Gasteiger partial charge in [-0.15, -0.1) is 0 Å². The average molecular weight is 418 g/mol. The van der Waals surface area contributed by atoms with Crippen molar-refractivity contribution in [1.82, 2.24) is 20.2 Å². The number of nitrogens with zero attached hydrogens (tertiary/aromatic N) is 2. The number of carbonyl (C=O) groups excluding carboxylic acids is 2. The van der Waals surface area contributed by atoms with Crippen molar-refractivity contribution in [3.05, 3.63) is 88.5 Å². The number of amides is 2. The second-order valence-electron chi connectivity index (χ2n) is 7.44. The van der Waals surface area contributed by atoms with Crippen LogP contribution >= 0.6 is 0 Å². The van der Waals surface area contributed by atoms with Gasteiger partial charge in [0.15, 0.2) is 0 Å². The Balaban J connectivity index is 1.85. The predicted octanol–water partition coefficient (Wildman–Crippen LogP) is 2.41. The number of hydrogen-bond acceptors (Lipinski definition) is 4. The summed E-state index contributed by atoms with van der Waals surface area (Å²) in [4.78, 5) is 42.5. The molecule has 0 aliphatic rings. The molecule has 0 spiro atoms. The molecule has 7 heteroatoms. The molecule has 0 atom stereocenters. The summed E-state index contributed by atoms with van der Waals surface area (Å²) in [6, 6.07) is 18.1. The first kappa shape index (κ1) is 22.0. The van der Waals surface area contributed by atoms with E-state index in [4.69, 9.17) is 0 Å². The van der Waals surface area contributed by atoms with Crippen LogP contribution in [0, 0.1) is 0 Å². The summed E-state index contributed by atoms with van der Waals surface area (Å²) in [6.45, 7) is 3.88. The Morgan fingerprint density at radius 3 is 2.42 bits per heavy atom. The number of hydrogen-bond donors (Lipinski definition) is 2. The summed E-state index contributed by atoms with van der Waals surface area (Å²) in [5, 5.41) is 5.56. The van der Waals surface area contributed by atoms with Crippen LogP contribution in [0.25, 0.3) is 11.3 Å². The molecular weight excluding hydrogens is 392 g/mol. The van der Waals surface area contributed by atoms with Gasteiger partial charge in [0.25, 0.3) is 11.5 Å². The first-order valence-electron chi connectivity index (χ1n) is 10.2. The Morgan fingerprint density at radius 1 is 1.00 bits per heavy atom. The quantitative estimate of drug-likeness (QED) is 0.588. The fourth-order valence-corrected chi connectivity index (χ4v) is 3.23. The van der Waals surface area contributed by atoms with Crippen LogP contribution in [-0.4, -0.2) is 34.0 Å². The van der Waals surface area contributed by atoms with E-state index in [0.29, 0.717) is 18.7 Å². The van der Waals surface area contributed by atoms with Crippen LogP contribution in [0.4, 0.5) is 0 Å². The van der Waals surface area contributed by atoms with Gasteiger partial charge in [-0.25, -0.2) is 0 Å². The van der Waals surface area contributed by atoms with Gasteiger partial charge in [-0.3, -0.25) is 23.9 Å². The maximum Gasteiger partial charge on any atom is 0.264 e. The first-order chi connectivity index (χ1) is 15.0. The number of pyridine rings is 2. The van der Waals surface area contributed by atoms with E-state index in [1.54, 1.807) is 12.3 Å². The lowest BCUT2D eigenvalue weighted by Crippen LogP contribution is -2.39. The number of carbonyl (C=O) groups is 2. The van der Waals surface area contributed by atoms with Crippen LogP contribution in [-0.2, 0) is 17.8 Å². The highest BCUT2D eigenvalue weighted by Gasteiger charge is 2.18. The fourth-order valence-electron chi connectivity index (χ4n) is 3.23. The molecule has 31 heavy (non-hydrogen) atoms. The number of nitrogens with one attached hydrogen (secondary N) is 2. The van der Waals surface area contributed by atoms with E-state index in [2.05, 4.69) is 15.6 Å². The standard InChI is InChI=1S/C24H26N4O3/c1-17(2)27-22(29)16-28-21(18-8-4-3-5-9-18)12-11-20(24(28)31)23(30)26-15-13-19-10-6-7-14-25-19/h3-12,14,17H,13,15-16H2,1-2H3,(H,26,30)(H,27,29). The molecule has 0 radical (unpaired) electrons. The Bertz CT molecular complexity index is 1090. The van der Waals surface area contributed by atoms with Gasteiger partial charge in [0.1, 0.15) is 12.1 Å². The molecule has 2 aromatic heterocycles. The third-order valence-corrected chi connectivity index (χ3v) is 4.63. The van der Waals surface area contributed by atoms with Crippen molar-refractivity contribution < 1.29 is 9.59 Å². The van der Waals surface area contributed by atoms with E-state index in [1.165, 1.54) is 10.6 Å². The minimum atomic E-state index is -0.504. The van der Waals surface area contributed by atoms with E-state index in [-0.39, 0.29) is 24.1 Å². The lowest BCUT2D eigenvalue weighted by atomic mass is 10.1. The second-order valence-corrected chi connectivity index (χ2v) is 7.44. The third kappa shape index (κ3) is 5.88. The molecular formula is C24H26N4O3. The molecule has 0 aliphatic carbocycles. The molecule has 2 heterocycles. The first-order valence-corrected chi connectivity index (χ1v) is 10.2. The summed E-state index contributed by atoms with van der Waals surface area (Å²) in [6.07, 6.45) is 2.25. The van der Waals surface area contributed by atoms with Crippen LogP contribution < -0.4 is 16.2 Å². The number of aromatic nitrogens is 2. The molecule has 2 amide bonds. The summed E-state index contributed by atoms with van der Waals surface area (Å²) in [5.41, 5.74) is 1.72. The van der Waals surface area contributed by atoms with Crippen LogP contribution in [0.2, 0.25) is 0 Å². The van der Waals surface area contributed by atoms with Crippen molar-refractivity contribution >= 4 is 11.8 Å². The third-order valence-electron chi connectivity index (χ3n) is 4.63. The number of benzene rings is 1. The Hall–Kier alpha value is -3.74. The molecule has 0 unspecified atom stereocenters. The summed E-state index contributed by atoms with van der Waals surface area (Å²) in [5.74, 6) is -0.763. The van der Waals surface area contributed by atoms with Crippen LogP contribution in [0.3, 0.4) is 0 Å². The van der Waals surface area contributed by atoms with Crippen LogP contribution in [0.1, 0.15) is 29.9 Å². The highest BCUT2D eigenvalue weighted by atomic mass is 16.2. The van der Waals surface area contributed by atoms with Crippen molar-refractivity contribution in [2.24, 2.45) is 0 Å². The molecule has 2 N–H and O–H groups in total. The van der Waals surface area contributed by atoms with Gasteiger partial charge in [0, 0.05) is 30.9 Å². The molecule has 3 rings (SSSR count). The lowest BCUT2D eigenvalue weighted by Gasteiger charge is -2.16. The molecule has 7 nitrogen and oxygen atoms in total. The zero-order chi connectivity index (χ0) is 22.2. The van der Waals surface area contributed by atoms with Crippen molar-refractivity contribution in [2.45, 2.75) is 32.9 Å². The molecule has 0 bridgehead atoms. The Kier molecular flexibility index (Phi) is 7.32. The normalized spacial score (nSPS) is 10.7. The van der Waals surface area contributed by atoms with E-state index < -0.39 is 11.5 Å². The van der Waals surface area contributed by atoms with E-state index in [9.17, 15) is 14.4 Å². The second kappa shape index (κ2) is 10.3. The molecule has 160 valence electrons. The fraction of sp³-hybridized carbons (Fsp3) is 0.250. The average Bonchev–Trinajstić information content (AvgIpc) is 2.76. The van der Waals surface area contributed by atoms with Gasteiger partial charge < -0.3 is 10.6 Å². The highest BCUT2D eigenvalue weighted by molar-refractivity contribution is 5.94. The van der Waals surface area contributed by atoms with E-state index >= 15 is 0 Å². The molecule has 0 saturated heterocycles. The van der Waals surface area contributed by atoms with Gasteiger partial charge in [-0.05, 0) is 43.7 Å². The minimum absolute atomic E-state index is 0.00181. The van der Waals surface area contributed by atoms with E-state index in [1.807, 2.05) is 62.4 Å². The predicted molar refractivity (Wildman–Crippen MR) is 120 cm³/mol. The van der Waals surface area contributed by atoms with Crippen molar-refractivity contribution in [2.75, 3.05) is 6.54 Å². The van der Waals surface area contributed by atoms with E-state index in [0.717, 1.165) is 11.3 Å². The molecule has 1 aromatic carbocycles. The van der Waals surface area contributed by atoms with Crippen LogP contribution in [0.5, 0.6) is 0 Å². The SMILES string of the molecule is CC(C)NC(=O)Cn1c(-c2ccccc2)ccc(C(=O)NCCc2ccccn2)c1=O.